The molecule has 0 aliphatic heterocycles. The summed E-state index contributed by atoms with van der Waals surface area (Å²) in [6, 6.07) is 50.0. The number of aryl methyl sites for hydroxylation is 1. The molecule has 2 heterocycles. The molecule has 0 bridgehead atoms. The predicted molar refractivity (Wildman–Crippen MR) is 207 cm³/mol. The van der Waals surface area contributed by atoms with Crippen molar-refractivity contribution in [3.8, 4) is 28.6 Å². The van der Waals surface area contributed by atoms with Crippen molar-refractivity contribution in [2.45, 2.75) is 52.1 Å². The van der Waals surface area contributed by atoms with E-state index in [9.17, 15) is 10.1 Å². The van der Waals surface area contributed by atoms with Gasteiger partial charge in [0.05, 0.1) is 6.54 Å². The van der Waals surface area contributed by atoms with Crippen LogP contribution in [0.3, 0.4) is 0 Å². The van der Waals surface area contributed by atoms with Gasteiger partial charge in [0, 0.05) is 17.9 Å². The minimum absolute atomic E-state index is 0.108. The number of Topliss-reactive ketones (excluding diaryl/α,β-unsaturated/α-hetero) is 1. The van der Waals surface area contributed by atoms with Crippen LogP contribution in [0.4, 0.5) is 0 Å². The molecule has 2 aromatic heterocycles. The zero-order valence-corrected chi connectivity index (χ0v) is 30.2. The number of carbonyl (C=O) groups excluding carboxylic acids is 1. The Hall–Kier alpha value is -6.46. The van der Waals surface area contributed by atoms with Crippen LogP contribution in [0.15, 0.2) is 140 Å². The lowest BCUT2D eigenvalue weighted by molar-refractivity contribution is 0.0934. The molecule has 0 atom stereocenters. The highest BCUT2D eigenvalue weighted by molar-refractivity contribution is 5.97. The van der Waals surface area contributed by atoms with Crippen molar-refractivity contribution in [2.24, 2.45) is 5.92 Å². The molecule has 262 valence electrons. The van der Waals surface area contributed by atoms with Gasteiger partial charge in [0.15, 0.2) is 17.3 Å². The number of aromatic nitrogens is 6. The average molecular weight is 696 g/mol. The molecule has 0 amide bonds. The molecule has 0 spiro atoms. The zero-order chi connectivity index (χ0) is 36.8. The number of carbonyl (C=O) groups is 1. The molecule has 0 saturated carbocycles. The number of hydrogen-bond acceptors (Lipinski definition) is 6. The zero-order valence-electron chi connectivity index (χ0n) is 30.2. The molecule has 53 heavy (non-hydrogen) atoms. The molecule has 0 fully saturated rings. The number of imidazole rings is 1. The lowest BCUT2D eigenvalue weighted by Gasteiger charge is -2.36. The Morgan fingerprint density at radius 3 is 1.83 bits per heavy atom. The van der Waals surface area contributed by atoms with Crippen molar-refractivity contribution in [1.29, 1.82) is 5.26 Å². The Balaban J connectivity index is 1.32. The fraction of sp³-hybridized carbons (Fsp3) is 0.200. The van der Waals surface area contributed by atoms with Crippen molar-refractivity contribution >= 4 is 5.78 Å². The van der Waals surface area contributed by atoms with Crippen LogP contribution in [0.25, 0.3) is 22.5 Å². The Morgan fingerprint density at radius 1 is 0.755 bits per heavy atom. The summed E-state index contributed by atoms with van der Waals surface area (Å²) in [7, 11) is 0. The van der Waals surface area contributed by atoms with Gasteiger partial charge >= 0.3 is 0 Å². The summed E-state index contributed by atoms with van der Waals surface area (Å²) < 4.78 is 3.87. The molecule has 0 unspecified atom stereocenters. The number of hydrogen-bond donors (Lipinski definition) is 0. The van der Waals surface area contributed by atoms with E-state index in [1.165, 1.54) is 0 Å². The molecular formula is C45H41N7O. The molecular weight excluding hydrogens is 655 g/mol. The van der Waals surface area contributed by atoms with Crippen LogP contribution in [0.2, 0.25) is 0 Å². The number of nitriles is 1. The average Bonchev–Trinajstić information content (AvgIpc) is 3.84. The summed E-state index contributed by atoms with van der Waals surface area (Å²) in [6.45, 7) is 6.25. The van der Waals surface area contributed by atoms with Gasteiger partial charge in [-0.15, -0.1) is 5.10 Å². The molecule has 7 rings (SSSR count). The van der Waals surface area contributed by atoms with Crippen LogP contribution in [0, 0.1) is 17.2 Å². The summed E-state index contributed by atoms with van der Waals surface area (Å²) in [4.78, 5) is 17.7. The summed E-state index contributed by atoms with van der Waals surface area (Å²) >= 11 is 0. The fourth-order valence-electron chi connectivity index (χ4n) is 7.14. The Bertz CT molecular complexity index is 2260. The van der Waals surface area contributed by atoms with Crippen LogP contribution >= 0.6 is 0 Å². The van der Waals surface area contributed by atoms with E-state index >= 15 is 0 Å². The van der Waals surface area contributed by atoms with E-state index in [4.69, 9.17) is 15.3 Å². The van der Waals surface area contributed by atoms with Gasteiger partial charge in [-0.25, -0.2) is 9.67 Å². The molecule has 7 aromatic rings. The topological polar surface area (TPSA) is 102 Å². The largest absolute Gasteiger partial charge is 0.315 e. The first-order valence-corrected chi connectivity index (χ1v) is 18.1. The Labute approximate surface area is 310 Å². The molecule has 5 aromatic carbocycles. The Kier molecular flexibility index (Phi) is 10.2. The fourth-order valence-corrected chi connectivity index (χ4v) is 7.14. The van der Waals surface area contributed by atoms with Crippen LogP contribution in [-0.4, -0.2) is 35.5 Å². The highest BCUT2D eigenvalue weighted by Gasteiger charge is 2.42. The van der Waals surface area contributed by atoms with Crippen molar-refractivity contribution in [3.63, 3.8) is 0 Å². The quantitative estimate of drug-likeness (QED) is 0.0881. The first-order chi connectivity index (χ1) is 26.0. The van der Waals surface area contributed by atoms with E-state index in [1.807, 2.05) is 53.4 Å². The number of rotatable bonds is 13. The van der Waals surface area contributed by atoms with Gasteiger partial charge in [0.25, 0.3) is 0 Å². The third kappa shape index (κ3) is 6.58. The maximum atomic E-state index is 13.0. The number of ketones is 1. The van der Waals surface area contributed by atoms with Crippen molar-refractivity contribution in [3.05, 3.63) is 179 Å². The molecule has 8 heteroatoms. The van der Waals surface area contributed by atoms with Gasteiger partial charge in [-0.3, -0.25) is 4.79 Å². The second kappa shape index (κ2) is 15.4. The van der Waals surface area contributed by atoms with Gasteiger partial charge in [0.2, 0.25) is 0 Å². The molecule has 0 aliphatic carbocycles. The normalized spacial score (nSPS) is 11.5. The van der Waals surface area contributed by atoms with Crippen LogP contribution in [0.1, 0.15) is 77.9 Å². The number of nitrogens with zero attached hydrogens (tertiary/aromatic N) is 7. The maximum absolute atomic E-state index is 13.0. The van der Waals surface area contributed by atoms with Crippen LogP contribution in [0.5, 0.6) is 0 Å². The molecule has 0 saturated heterocycles. The lowest BCUT2D eigenvalue weighted by atomic mass is 9.77. The van der Waals surface area contributed by atoms with Crippen molar-refractivity contribution in [1.82, 2.24) is 29.8 Å². The maximum Gasteiger partial charge on any atom is 0.186 e. The van der Waals surface area contributed by atoms with Gasteiger partial charge in [-0.1, -0.05) is 167 Å². The smallest absolute Gasteiger partial charge is 0.186 e. The standard InChI is InChI=1S/C45H41N7O/c1-4-5-25-41-47-42(43(53)32(2)3)40(30-46)51(41)31-33-26-28-34(29-27-33)38-23-15-16-24-39(38)44-48-49-50-52(44)45(35-17-9-6-10-18-35,36-19-11-7-12-20-36)37-21-13-8-14-22-37/h6-24,26-29,32H,4-5,25,31H2,1-3H3. The molecule has 0 radical (unpaired) electrons. The summed E-state index contributed by atoms with van der Waals surface area (Å²) in [6.07, 6.45) is 2.61. The van der Waals surface area contributed by atoms with Gasteiger partial charge in [-0.2, -0.15) is 5.26 Å². The minimum atomic E-state index is -0.881. The van der Waals surface area contributed by atoms with E-state index in [0.29, 0.717) is 24.5 Å². The Morgan fingerprint density at radius 2 is 1.30 bits per heavy atom. The van der Waals surface area contributed by atoms with E-state index in [1.54, 1.807) is 0 Å². The summed E-state index contributed by atoms with van der Waals surface area (Å²) in [5.41, 5.74) is 6.67. The first kappa shape index (κ1) is 35.0. The van der Waals surface area contributed by atoms with E-state index in [-0.39, 0.29) is 17.4 Å². The molecule has 0 aliphatic rings. The monoisotopic (exact) mass is 695 g/mol. The first-order valence-electron chi connectivity index (χ1n) is 18.1. The van der Waals surface area contributed by atoms with Gasteiger partial charge in [0.1, 0.15) is 23.1 Å². The summed E-state index contributed by atoms with van der Waals surface area (Å²) in [5.74, 6) is 1.04. The van der Waals surface area contributed by atoms with Gasteiger partial charge in [-0.05, 0) is 50.2 Å². The lowest BCUT2D eigenvalue weighted by Crippen LogP contribution is -2.39. The van der Waals surface area contributed by atoms with Crippen LogP contribution in [-0.2, 0) is 18.5 Å². The van der Waals surface area contributed by atoms with E-state index < -0.39 is 5.54 Å². The van der Waals surface area contributed by atoms with E-state index in [2.05, 4.69) is 127 Å². The second-order valence-corrected chi connectivity index (χ2v) is 13.5. The van der Waals surface area contributed by atoms with Crippen LogP contribution < -0.4 is 0 Å². The van der Waals surface area contributed by atoms with E-state index in [0.717, 1.165) is 57.6 Å². The third-order valence-electron chi connectivity index (χ3n) is 9.80. The third-order valence-corrected chi connectivity index (χ3v) is 9.80. The number of benzene rings is 5. The highest BCUT2D eigenvalue weighted by Crippen LogP contribution is 2.43. The number of unbranched alkanes of at least 4 members (excludes halogenated alkanes) is 1. The molecule has 0 N–H and O–H groups in total. The minimum Gasteiger partial charge on any atom is -0.315 e. The number of tetrazole rings is 1. The van der Waals surface area contributed by atoms with Crippen molar-refractivity contribution < 1.29 is 4.79 Å². The predicted octanol–water partition coefficient (Wildman–Crippen LogP) is 9.15. The SMILES string of the molecule is CCCCc1nc(C(=O)C(C)C)c(C#N)n1Cc1ccc(-c2ccccc2-c2nnnn2C(c2ccccc2)(c2ccccc2)c2ccccc2)cc1. The molecule has 8 nitrogen and oxygen atoms in total. The second-order valence-electron chi connectivity index (χ2n) is 13.5. The summed E-state index contributed by atoms with van der Waals surface area (Å²) in [5, 5.41) is 23.9. The highest BCUT2D eigenvalue weighted by atomic mass is 16.1. The van der Waals surface area contributed by atoms with Crippen molar-refractivity contribution in [2.75, 3.05) is 0 Å². The van der Waals surface area contributed by atoms with Gasteiger partial charge < -0.3 is 4.57 Å².